The lowest BCUT2D eigenvalue weighted by atomic mass is 9.79. The zero-order valence-corrected chi connectivity index (χ0v) is 13.4. The number of likely N-dealkylation sites (tertiary alicyclic amines) is 1. The monoisotopic (exact) mass is 274 g/mol. The van der Waals surface area contributed by atoms with Gasteiger partial charge in [-0.15, -0.1) is 0 Å². The molecule has 0 aliphatic carbocycles. The highest BCUT2D eigenvalue weighted by molar-refractivity contribution is 5.24. The fraction of sp³-hybridized carbons (Fsp3) is 0.667. The van der Waals surface area contributed by atoms with Gasteiger partial charge in [0.25, 0.3) is 0 Å². The molecule has 0 amide bonds. The average molecular weight is 274 g/mol. The van der Waals surface area contributed by atoms with Crippen molar-refractivity contribution in [3.05, 3.63) is 35.9 Å². The van der Waals surface area contributed by atoms with E-state index in [2.05, 4.69) is 61.3 Å². The van der Waals surface area contributed by atoms with Gasteiger partial charge in [-0.3, -0.25) is 4.90 Å². The number of likely N-dealkylation sites (N-methyl/N-ethyl adjacent to an activating group) is 1. The zero-order valence-electron chi connectivity index (χ0n) is 13.4. The molecule has 20 heavy (non-hydrogen) atoms. The Morgan fingerprint density at radius 2 is 1.65 bits per heavy atom. The molecule has 1 fully saturated rings. The molecule has 1 aliphatic rings. The lowest BCUT2D eigenvalue weighted by Crippen LogP contribution is -2.55. The number of hydrogen-bond acceptors (Lipinski definition) is 2. The molecular formula is C18H30N2. The molecule has 1 unspecified atom stereocenters. The van der Waals surface area contributed by atoms with Crippen molar-refractivity contribution in [1.82, 2.24) is 10.2 Å². The Morgan fingerprint density at radius 1 is 1.05 bits per heavy atom. The first-order chi connectivity index (χ1) is 9.78. The molecule has 1 atom stereocenters. The van der Waals surface area contributed by atoms with E-state index in [1.165, 1.54) is 44.3 Å². The van der Waals surface area contributed by atoms with Gasteiger partial charge in [-0.25, -0.2) is 0 Å². The fourth-order valence-corrected chi connectivity index (χ4v) is 3.92. The van der Waals surface area contributed by atoms with Gasteiger partial charge in [0.05, 0.1) is 6.04 Å². The highest BCUT2D eigenvalue weighted by Gasteiger charge is 2.42. The number of rotatable bonds is 7. The van der Waals surface area contributed by atoms with Crippen molar-refractivity contribution in [2.45, 2.75) is 58.0 Å². The van der Waals surface area contributed by atoms with Crippen LogP contribution < -0.4 is 5.32 Å². The summed E-state index contributed by atoms with van der Waals surface area (Å²) in [4.78, 5) is 2.74. The molecule has 0 bridgehead atoms. The predicted octanol–water partition coefficient (Wildman–Crippen LogP) is 3.99. The Labute approximate surface area is 124 Å². The van der Waals surface area contributed by atoms with Crippen LogP contribution in [-0.2, 0) is 0 Å². The van der Waals surface area contributed by atoms with Crippen LogP contribution in [0.2, 0.25) is 0 Å². The van der Waals surface area contributed by atoms with Crippen molar-refractivity contribution in [2.24, 2.45) is 0 Å². The summed E-state index contributed by atoms with van der Waals surface area (Å²) in [5.74, 6) is 0. The third-order valence-corrected chi connectivity index (χ3v) is 5.04. The Bertz CT molecular complexity index is 378. The summed E-state index contributed by atoms with van der Waals surface area (Å²) in [6.07, 6.45) is 5.12. The van der Waals surface area contributed by atoms with Gasteiger partial charge in [-0.1, -0.05) is 51.1 Å². The van der Waals surface area contributed by atoms with Gasteiger partial charge >= 0.3 is 0 Å². The maximum absolute atomic E-state index is 3.78. The van der Waals surface area contributed by atoms with Crippen LogP contribution in [0.25, 0.3) is 0 Å². The molecule has 0 aromatic heterocycles. The SMILES string of the molecule is CCNC(c1ccccc1)C(CC)(CC)N1CCCC1. The fourth-order valence-electron chi connectivity index (χ4n) is 3.92. The van der Waals surface area contributed by atoms with Crippen LogP contribution in [0.4, 0.5) is 0 Å². The first kappa shape index (κ1) is 15.5. The molecule has 2 heteroatoms. The molecule has 0 radical (unpaired) electrons. The van der Waals surface area contributed by atoms with Crippen molar-refractivity contribution < 1.29 is 0 Å². The van der Waals surface area contributed by atoms with Gasteiger partial charge in [0.2, 0.25) is 0 Å². The zero-order chi connectivity index (χ0) is 14.4. The van der Waals surface area contributed by atoms with E-state index < -0.39 is 0 Å². The van der Waals surface area contributed by atoms with Crippen LogP contribution in [0.15, 0.2) is 30.3 Å². The largest absolute Gasteiger partial charge is 0.309 e. The normalized spacial score (nSPS) is 18.4. The smallest absolute Gasteiger partial charge is 0.0506 e. The minimum absolute atomic E-state index is 0.258. The Hall–Kier alpha value is -0.860. The average Bonchev–Trinajstić information content (AvgIpc) is 3.04. The van der Waals surface area contributed by atoms with E-state index in [0.29, 0.717) is 6.04 Å². The highest BCUT2D eigenvalue weighted by Crippen LogP contribution is 2.39. The number of nitrogens with zero attached hydrogens (tertiary/aromatic N) is 1. The van der Waals surface area contributed by atoms with E-state index in [4.69, 9.17) is 0 Å². The molecule has 112 valence electrons. The van der Waals surface area contributed by atoms with Crippen molar-refractivity contribution in [2.75, 3.05) is 19.6 Å². The number of hydrogen-bond donors (Lipinski definition) is 1. The molecule has 1 heterocycles. The van der Waals surface area contributed by atoms with Crippen LogP contribution in [-0.4, -0.2) is 30.1 Å². The van der Waals surface area contributed by atoms with E-state index in [-0.39, 0.29) is 5.54 Å². The standard InChI is InChI=1S/C18H30N2/c1-4-18(5-2,20-14-10-11-15-20)17(19-6-3)16-12-8-7-9-13-16/h7-9,12-13,17,19H,4-6,10-11,14-15H2,1-3H3. The third-order valence-electron chi connectivity index (χ3n) is 5.04. The van der Waals surface area contributed by atoms with Crippen LogP contribution in [0.1, 0.15) is 58.1 Å². The molecular weight excluding hydrogens is 244 g/mol. The van der Waals surface area contributed by atoms with Crippen LogP contribution in [0.5, 0.6) is 0 Å². The molecule has 1 aromatic rings. The lowest BCUT2D eigenvalue weighted by molar-refractivity contribution is 0.0623. The molecule has 0 spiro atoms. The van der Waals surface area contributed by atoms with Crippen molar-refractivity contribution in [3.63, 3.8) is 0 Å². The Balaban J connectivity index is 2.36. The second-order valence-corrected chi connectivity index (χ2v) is 5.91. The maximum atomic E-state index is 3.78. The Morgan fingerprint density at radius 3 is 2.15 bits per heavy atom. The quantitative estimate of drug-likeness (QED) is 0.808. The predicted molar refractivity (Wildman–Crippen MR) is 87.0 cm³/mol. The Kier molecular flexibility index (Phi) is 5.62. The molecule has 2 nitrogen and oxygen atoms in total. The molecule has 0 saturated carbocycles. The molecule has 1 N–H and O–H groups in total. The van der Waals surface area contributed by atoms with E-state index in [1.54, 1.807) is 0 Å². The molecule has 1 saturated heterocycles. The van der Waals surface area contributed by atoms with Gasteiger partial charge in [-0.2, -0.15) is 0 Å². The van der Waals surface area contributed by atoms with Gasteiger partial charge in [0.15, 0.2) is 0 Å². The molecule has 2 rings (SSSR count). The van der Waals surface area contributed by atoms with Crippen LogP contribution >= 0.6 is 0 Å². The summed E-state index contributed by atoms with van der Waals surface area (Å²) in [6.45, 7) is 10.5. The highest BCUT2D eigenvalue weighted by atomic mass is 15.2. The van der Waals surface area contributed by atoms with Gasteiger partial charge in [0.1, 0.15) is 0 Å². The lowest BCUT2D eigenvalue weighted by Gasteiger charge is -2.47. The maximum Gasteiger partial charge on any atom is 0.0506 e. The summed E-state index contributed by atoms with van der Waals surface area (Å²) in [6, 6.07) is 11.4. The topological polar surface area (TPSA) is 15.3 Å². The third kappa shape index (κ3) is 2.91. The van der Waals surface area contributed by atoms with Crippen LogP contribution in [0.3, 0.4) is 0 Å². The molecule has 1 aromatic carbocycles. The summed E-state index contributed by atoms with van der Waals surface area (Å²) < 4.78 is 0. The van der Waals surface area contributed by atoms with Gasteiger partial charge < -0.3 is 5.32 Å². The van der Waals surface area contributed by atoms with Gasteiger partial charge in [-0.05, 0) is 50.9 Å². The van der Waals surface area contributed by atoms with Crippen molar-refractivity contribution >= 4 is 0 Å². The van der Waals surface area contributed by atoms with E-state index >= 15 is 0 Å². The van der Waals surface area contributed by atoms with Crippen molar-refractivity contribution in [1.29, 1.82) is 0 Å². The number of nitrogens with one attached hydrogen (secondary N) is 1. The summed E-state index contributed by atoms with van der Waals surface area (Å²) in [7, 11) is 0. The van der Waals surface area contributed by atoms with E-state index in [1.807, 2.05) is 0 Å². The number of benzene rings is 1. The van der Waals surface area contributed by atoms with Gasteiger partial charge in [0, 0.05) is 5.54 Å². The first-order valence-corrected chi connectivity index (χ1v) is 8.31. The summed E-state index contributed by atoms with van der Waals surface area (Å²) >= 11 is 0. The second kappa shape index (κ2) is 7.24. The van der Waals surface area contributed by atoms with Crippen LogP contribution in [0, 0.1) is 0 Å². The second-order valence-electron chi connectivity index (χ2n) is 5.91. The summed E-state index contributed by atoms with van der Waals surface area (Å²) in [5, 5.41) is 3.78. The van der Waals surface area contributed by atoms with Crippen molar-refractivity contribution in [3.8, 4) is 0 Å². The summed E-state index contributed by atoms with van der Waals surface area (Å²) in [5.41, 5.74) is 1.69. The minimum atomic E-state index is 0.258. The first-order valence-electron chi connectivity index (χ1n) is 8.31. The van der Waals surface area contributed by atoms with E-state index in [9.17, 15) is 0 Å². The minimum Gasteiger partial charge on any atom is -0.309 e. The van der Waals surface area contributed by atoms with E-state index in [0.717, 1.165) is 6.54 Å². The molecule has 1 aliphatic heterocycles.